The number of fused-ring (bicyclic) bond motifs is 1. The van der Waals surface area contributed by atoms with Gasteiger partial charge in [0, 0.05) is 17.7 Å². The molecule has 2 fully saturated rings. The van der Waals surface area contributed by atoms with Crippen molar-refractivity contribution in [1.29, 1.82) is 0 Å². The molecule has 3 aromatic rings. The zero-order chi connectivity index (χ0) is 37.7. The lowest BCUT2D eigenvalue weighted by Gasteiger charge is -2.42. The number of rotatable bonds is 15. The zero-order valence-electron chi connectivity index (χ0n) is 27.8. The van der Waals surface area contributed by atoms with E-state index >= 15 is 0 Å². The number of ether oxygens (including phenoxy) is 7. The summed E-state index contributed by atoms with van der Waals surface area (Å²) in [6, 6.07) is 6.59. The predicted octanol–water partition coefficient (Wildman–Crippen LogP) is -2.69. The minimum absolute atomic E-state index is 0.0380. The van der Waals surface area contributed by atoms with E-state index in [2.05, 4.69) is 0 Å². The molecule has 2 saturated heterocycles. The fourth-order valence-electron chi connectivity index (χ4n) is 5.60. The van der Waals surface area contributed by atoms with E-state index in [1.807, 2.05) is 0 Å². The van der Waals surface area contributed by atoms with Crippen molar-refractivity contribution in [2.45, 2.75) is 68.3 Å². The van der Waals surface area contributed by atoms with Gasteiger partial charge < -0.3 is 88.6 Å². The first-order valence-electron chi connectivity index (χ1n) is 16.3. The summed E-state index contributed by atoms with van der Waals surface area (Å²) in [5.74, 6) is -1.31. The van der Waals surface area contributed by atoms with Gasteiger partial charge >= 0.3 is 0 Å². The molecule has 10 atom stereocenters. The van der Waals surface area contributed by atoms with Crippen LogP contribution in [0.25, 0.3) is 22.3 Å². The number of aromatic hydroxyl groups is 1. The minimum atomic E-state index is -1.98. The SMILES string of the molecule is C[C@@H]1O[C@H](OC[C@@H]2O[C@H](Oc3c(-c4ccc(OCCO)c(OCCO)c4)oc4cc(OCCO)cc(O)c4c3=O)[C@H](O)[C@H](O)[C@H]2O)[C@H](O)[C@@H](O)[C@@H]1O. The van der Waals surface area contributed by atoms with Crippen molar-refractivity contribution >= 4 is 11.0 Å². The molecule has 0 amide bonds. The van der Waals surface area contributed by atoms with Crippen LogP contribution >= 0.6 is 0 Å². The first-order chi connectivity index (χ1) is 24.9. The number of hydrogen-bond donors (Lipinski definition) is 10. The highest BCUT2D eigenvalue weighted by atomic mass is 16.7. The molecule has 0 bridgehead atoms. The van der Waals surface area contributed by atoms with Crippen molar-refractivity contribution in [1.82, 2.24) is 0 Å². The average molecular weight is 743 g/mol. The van der Waals surface area contributed by atoms with Crippen LogP contribution in [0, 0.1) is 0 Å². The highest BCUT2D eigenvalue weighted by Gasteiger charge is 2.48. The van der Waals surface area contributed by atoms with Gasteiger partial charge in [-0.3, -0.25) is 4.79 Å². The number of hydrogen-bond acceptors (Lipinski definition) is 19. The summed E-state index contributed by atoms with van der Waals surface area (Å²) in [6.07, 6.45) is -16.3. The van der Waals surface area contributed by atoms with Crippen LogP contribution in [0.3, 0.4) is 0 Å². The summed E-state index contributed by atoms with van der Waals surface area (Å²) in [5, 5.41) is 101. The standard InChI is InChI=1S/C33H42O19/c1-14-23(38)26(41)28(43)32(49-14)48-13-21-24(39)27(42)29(44)33(51-21)52-31-25(40)22-17(37)11-16(45-7-4-34)12-20(22)50-30(31)15-2-3-18(46-8-5-35)19(10-15)47-9-6-36/h2-3,10-12,14,21,23-24,26-29,32-39,41-44H,4-9,13H2,1H3/t14-,21-,23+,24-,26-,27+,28+,29+,32-,33+/m0/s1. The molecule has 2 aliphatic rings. The van der Waals surface area contributed by atoms with Gasteiger partial charge in [-0.2, -0.15) is 0 Å². The van der Waals surface area contributed by atoms with E-state index in [0.717, 1.165) is 6.07 Å². The highest BCUT2D eigenvalue weighted by Crippen LogP contribution is 2.40. The van der Waals surface area contributed by atoms with Crippen LogP contribution < -0.4 is 24.4 Å². The van der Waals surface area contributed by atoms with Crippen LogP contribution in [0.5, 0.6) is 28.7 Å². The lowest BCUT2D eigenvalue weighted by molar-refractivity contribution is -0.318. The van der Waals surface area contributed by atoms with E-state index < -0.39 is 84.9 Å². The molecule has 288 valence electrons. The van der Waals surface area contributed by atoms with Crippen molar-refractivity contribution in [2.75, 3.05) is 46.2 Å². The van der Waals surface area contributed by atoms with Crippen LogP contribution in [0.2, 0.25) is 0 Å². The Kier molecular flexibility index (Phi) is 13.1. The molecular formula is C33H42O19. The molecule has 2 aromatic carbocycles. The second kappa shape index (κ2) is 17.3. The van der Waals surface area contributed by atoms with Crippen molar-refractivity contribution in [3.8, 4) is 40.1 Å². The molecule has 0 radical (unpaired) electrons. The largest absolute Gasteiger partial charge is 0.507 e. The van der Waals surface area contributed by atoms with Gasteiger partial charge in [0.1, 0.15) is 85.0 Å². The third kappa shape index (κ3) is 8.36. The zero-order valence-corrected chi connectivity index (χ0v) is 27.8. The molecule has 2 aliphatic heterocycles. The van der Waals surface area contributed by atoms with Crippen LogP contribution in [-0.4, -0.2) is 159 Å². The second-order valence-electron chi connectivity index (χ2n) is 11.9. The maximum absolute atomic E-state index is 14.1. The summed E-state index contributed by atoms with van der Waals surface area (Å²) >= 11 is 0. The van der Waals surface area contributed by atoms with Crippen LogP contribution in [0.15, 0.2) is 39.5 Å². The third-order valence-corrected chi connectivity index (χ3v) is 8.31. The van der Waals surface area contributed by atoms with E-state index in [1.165, 1.54) is 31.2 Å². The van der Waals surface area contributed by atoms with Gasteiger partial charge in [0.05, 0.1) is 32.5 Å². The number of benzene rings is 2. The number of aliphatic hydroxyl groups excluding tert-OH is 9. The lowest BCUT2D eigenvalue weighted by atomic mass is 9.98. The molecule has 19 nitrogen and oxygen atoms in total. The third-order valence-electron chi connectivity index (χ3n) is 8.31. The van der Waals surface area contributed by atoms with Crippen LogP contribution in [-0.2, 0) is 14.2 Å². The Morgan fingerprint density at radius 1 is 0.712 bits per heavy atom. The van der Waals surface area contributed by atoms with E-state index in [0.29, 0.717) is 0 Å². The Hall–Kier alpha value is -3.83. The van der Waals surface area contributed by atoms with E-state index in [9.17, 15) is 55.9 Å². The predicted molar refractivity (Wildman–Crippen MR) is 173 cm³/mol. The van der Waals surface area contributed by atoms with Gasteiger partial charge in [0.15, 0.2) is 23.5 Å². The van der Waals surface area contributed by atoms with Gasteiger partial charge in [-0.05, 0) is 25.1 Å². The molecule has 52 heavy (non-hydrogen) atoms. The molecule has 10 N–H and O–H groups in total. The van der Waals surface area contributed by atoms with Gasteiger partial charge in [0.25, 0.3) is 0 Å². The first-order valence-corrected chi connectivity index (χ1v) is 16.3. The fourth-order valence-corrected chi connectivity index (χ4v) is 5.60. The maximum atomic E-state index is 14.1. The van der Waals surface area contributed by atoms with Crippen LogP contribution in [0.1, 0.15) is 6.92 Å². The van der Waals surface area contributed by atoms with Gasteiger partial charge in [-0.25, -0.2) is 0 Å². The van der Waals surface area contributed by atoms with Gasteiger partial charge in [-0.1, -0.05) is 0 Å². The van der Waals surface area contributed by atoms with Gasteiger partial charge in [0.2, 0.25) is 17.5 Å². The quantitative estimate of drug-likeness (QED) is 0.0758. The number of phenols is 1. The van der Waals surface area contributed by atoms with Crippen molar-refractivity contribution in [3.63, 3.8) is 0 Å². The molecular weight excluding hydrogens is 700 g/mol. The molecule has 1 aromatic heterocycles. The molecule has 0 saturated carbocycles. The molecule has 0 spiro atoms. The van der Waals surface area contributed by atoms with Crippen molar-refractivity contribution < 1.29 is 88.6 Å². The Morgan fingerprint density at radius 3 is 2.04 bits per heavy atom. The topological polar surface area (TPSA) is 297 Å². The molecule has 5 rings (SSSR count). The molecule has 0 unspecified atom stereocenters. The molecule has 19 heteroatoms. The summed E-state index contributed by atoms with van der Waals surface area (Å²) in [6.45, 7) is -0.648. The Balaban J connectivity index is 1.53. The fraction of sp³-hybridized carbons (Fsp3) is 0.545. The molecule has 3 heterocycles. The lowest BCUT2D eigenvalue weighted by Crippen LogP contribution is -2.61. The van der Waals surface area contributed by atoms with Crippen LogP contribution in [0.4, 0.5) is 0 Å². The minimum Gasteiger partial charge on any atom is -0.507 e. The van der Waals surface area contributed by atoms with Crippen molar-refractivity contribution in [3.05, 3.63) is 40.6 Å². The Bertz CT molecular complexity index is 1700. The van der Waals surface area contributed by atoms with E-state index in [-0.39, 0.29) is 79.2 Å². The summed E-state index contributed by atoms with van der Waals surface area (Å²) in [7, 11) is 0. The highest BCUT2D eigenvalue weighted by molar-refractivity contribution is 5.88. The second-order valence-corrected chi connectivity index (χ2v) is 11.9. The van der Waals surface area contributed by atoms with E-state index in [1.54, 1.807) is 0 Å². The summed E-state index contributed by atoms with van der Waals surface area (Å²) in [4.78, 5) is 14.1. The maximum Gasteiger partial charge on any atom is 0.239 e. The smallest absolute Gasteiger partial charge is 0.239 e. The average Bonchev–Trinajstić information content (AvgIpc) is 3.13. The number of aliphatic hydroxyl groups is 9. The summed E-state index contributed by atoms with van der Waals surface area (Å²) < 4.78 is 45.1. The van der Waals surface area contributed by atoms with Crippen molar-refractivity contribution in [2.24, 2.45) is 0 Å². The first kappa shape index (κ1) is 39.4. The summed E-state index contributed by atoms with van der Waals surface area (Å²) in [5.41, 5.74) is -1.08. The van der Waals surface area contributed by atoms with Gasteiger partial charge in [-0.15, -0.1) is 0 Å². The Morgan fingerprint density at radius 2 is 1.35 bits per heavy atom. The molecule has 0 aliphatic carbocycles. The monoisotopic (exact) mass is 742 g/mol. The normalized spacial score (nSPS) is 29.2. The van der Waals surface area contributed by atoms with E-state index in [4.69, 9.17) is 37.6 Å². The number of phenolic OH excluding ortho intramolecular Hbond substituents is 1. The Labute approximate surface area is 294 Å².